The average molecular weight is 444 g/mol. The minimum absolute atomic E-state index is 0.0425. The van der Waals surface area contributed by atoms with Crippen molar-refractivity contribution in [3.63, 3.8) is 0 Å². The van der Waals surface area contributed by atoms with Crippen LogP contribution >= 0.6 is 0 Å². The minimum Gasteiger partial charge on any atom is -0.352 e. The molecule has 0 fully saturated rings. The zero-order valence-corrected chi connectivity index (χ0v) is 19.3. The Bertz CT molecular complexity index is 1450. The molecule has 3 heterocycles. The van der Waals surface area contributed by atoms with E-state index in [1.165, 1.54) is 10.5 Å². The van der Waals surface area contributed by atoms with Crippen LogP contribution in [0.15, 0.2) is 53.5 Å². The predicted molar refractivity (Wildman–Crippen MR) is 130 cm³/mol. The van der Waals surface area contributed by atoms with Crippen LogP contribution in [0.1, 0.15) is 53.2 Å². The number of nitrogens with zero attached hydrogens (tertiary/aromatic N) is 3. The van der Waals surface area contributed by atoms with Gasteiger partial charge in [0.15, 0.2) is 0 Å². The van der Waals surface area contributed by atoms with Crippen molar-refractivity contribution in [1.82, 2.24) is 19.3 Å². The lowest BCUT2D eigenvalue weighted by molar-refractivity contribution is 0.0950. The number of benzene rings is 1. The number of hydrogen-bond donors (Lipinski definition) is 2. The van der Waals surface area contributed by atoms with Gasteiger partial charge in [0.1, 0.15) is 16.8 Å². The summed E-state index contributed by atoms with van der Waals surface area (Å²) in [4.78, 5) is 31.1. The number of aryl methyl sites for hydroxylation is 2. The summed E-state index contributed by atoms with van der Waals surface area (Å²) in [5.74, 6) is -0.343. The van der Waals surface area contributed by atoms with Gasteiger partial charge in [-0.25, -0.2) is 4.98 Å². The van der Waals surface area contributed by atoms with E-state index < -0.39 is 0 Å². The number of carbonyl (C=O) groups excluding carboxylic acids is 1. The van der Waals surface area contributed by atoms with Crippen molar-refractivity contribution in [2.24, 2.45) is 0 Å². The average Bonchev–Trinajstić information content (AvgIpc) is 2.80. The van der Waals surface area contributed by atoms with E-state index in [1.54, 1.807) is 16.8 Å². The summed E-state index contributed by atoms with van der Waals surface area (Å²) in [6.07, 6.45) is 4.64. The van der Waals surface area contributed by atoms with E-state index in [2.05, 4.69) is 12.2 Å². The molecule has 7 heteroatoms. The first kappa shape index (κ1) is 22.5. The Morgan fingerprint density at radius 3 is 2.58 bits per heavy atom. The summed E-state index contributed by atoms with van der Waals surface area (Å²) in [7, 11) is 0. The third-order valence-electron chi connectivity index (χ3n) is 5.91. The van der Waals surface area contributed by atoms with E-state index in [-0.39, 0.29) is 22.5 Å². The molecule has 0 bridgehead atoms. The van der Waals surface area contributed by atoms with Crippen LogP contribution in [0.25, 0.3) is 16.7 Å². The molecular formula is C26H29N5O2. The number of fused-ring (bicyclic) bond motifs is 2. The number of amides is 1. The first-order valence-corrected chi connectivity index (χ1v) is 11.3. The van der Waals surface area contributed by atoms with Gasteiger partial charge in [-0.2, -0.15) is 0 Å². The summed E-state index contributed by atoms with van der Waals surface area (Å²) < 4.78 is 3.16. The molecule has 0 saturated carbocycles. The topological polar surface area (TPSA) is 92.2 Å². The highest BCUT2D eigenvalue weighted by Crippen LogP contribution is 2.14. The van der Waals surface area contributed by atoms with E-state index in [1.807, 2.05) is 44.2 Å². The van der Waals surface area contributed by atoms with Crippen LogP contribution in [0.2, 0.25) is 0 Å². The largest absolute Gasteiger partial charge is 0.352 e. The Morgan fingerprint density at radius 2 is 1.85 bits per heavy atom. The van der Waals surface area contributed by atoms with Crippen molar-refractivity contribution in [3.8, 4) is 0 Å². The second-order valence-corrected chi connectivity index (χ2v) is 8.48. The Morgan fingerprint density at radius 1 is 1.09 bits per heavy atom. The van der Waals surface area contributed by atoms with Crippen LogP contribution in [0.5, 0.6) is 0 Å². The standard InChI is InChI=1S/C26H29N5O2/c1-4-5-6-13-28-25(32)20-15-21-24(29-23-18(3)8-7-14-30(23)26(21)33)31(22(20)27)16-19-11-9-17(2)10-12-19/h7-12,14-15,27H,4-6,13,16H2,1-3H3,(H,28,32). The fourth-order valence-corrected chi connectivity index (χ4v) is 3.97. The van der Waals surface area contributed by atoms with Gasteiger partial charge < -0.3 is 9.88 Å². The lowest BCUT2D eigenvalue weighted by Gasteiger charge is -2.15. The molecule has 0 unspecified atom stereocenters. The molecule has 33 heavy (non-hydrogen) atoms. The fraction of sp³-hybridized carbons (Fsp3) is 0.308. The summed E-state index contributed by atoms with van der Waals surface area (Å²) in [5.41, 5.74) is 3.88. The third-order valence-corrected chi connectivity index (χ3v) is 5.91. The normalized spacial score (nSPS) is 11.2. The Labute approximate surface area is 192 Å². The van der Waals surface area contributed by atoms with Gasteiger partial charge in [0.05, 0.1) is 17.5 Å². The van der Waals surface area contributed by atoms with Crippen molar-refractivity contribution in [3.05, 3.63) is 86.8 Å². The van der Waals surface area contributed by atoms with Crippen molar-refractivity contribution in [2.75, 3.05) is 6.54 Å². The summed E-state index contributed by atoms with van der Waals surface area (Å²) in [6.45, 7) is 6.89. The number of aromatic nitrogens is 3. The van der Waals surface area contributed by atoms with Gasteiger partial charge in [-0.1, -0.05) is 55.7 Å². The van der Waals surface area contributed by atoms with E-state index in [4.69, 9.17) is 10.4 Å². The zero-order chi connectivity index (χ0) is 23.5. The monoisotopic (exact) mass is 443 g/mol. The number of pyridine rings is 2. The smallest absolute Gasteiger partial charge is 0.267 e. The Balaban J connectivity index is 1.93. The number of unbranched alkanes of at least 4 members (excludes halogenated alkanes) is 2. The van der Waals surface area contributed by atoms with Gasteiger partial charge >= 0.3 is 0 Å². The van der Waals surface area contributed by atoms with Crippen LogP contribution in [-0.4, -0.2) is 26.4 Å². The van der Waals surface area contributed by atoms with E-state index >= 15 is 0 Å². The highest BCUT2D eigenvalue weighted by Gasteiger charge is 2.18. The molecule has 4 aromatic rings. The molecule has 0 spiro atoms. The van der Waals surface area contributed by atoms with Gasteiger partial charge in [0, 0.05) is 12.7 Å². The molecule has 0 aliphatic rings. The molecule has 0 aliphatic carbocycles. The highest BCUT2D eigenvalue weighted by atomic mass is 16.1. The molecule has 2 N–H and O–H groups in total. The van der Waals surface area contributed by atoms with Crippen LogP contribution in [0, 0.1) is 19.3 Å². The number of rotatable bonds is 7. The lowest BCUT2D eigenvalue weighted by atomic mass is 10.1. The maximum atomic E-state index is 13.4. The Kier molecular flexibility index (Phi) is 6.40. The van der Waals surface area contributed by atoms with E-state index in [0.717, 1.165) is 36.0 Å². The van der Waals surface area contributed by atoms with Crippen LogP contribution in [-0.2, 0) is 6.54 Å². The van der Waals surface area contributed by atoms with Crippen molar-refractivity contribution in [1.29, 1.82) is 5.41 Å². The Hall–Kier alpha value is -3.74. The zero-order valence-electron chi connectivity index (χ0n) is 19.3. The second-order valence-electron chi connectivity index (χ2n) is 8.48. The quantitative estimate of drug-likeness (QED) is 0.337. The summed E-state index contributed by atoms with van der Waals surface area (Å²) >= 11 is 0. The summed E-state index contributed by atoms with van der Waals surface area (Å²) in [5, 5.41) is 12.1. The van der Waals surface area contributed by atoms with Crippen LogP contribution < -0.4 is 16.4 Å². The molecule has 7 nitrogen and oxygen atoms in total. The number of carbonyl (C=O) groups is 1. The minimum atomic E-state index is -0.343. The molecule has 0 radical (unpaired) electrons. The van der Waals surface area contributed by atoms with Gasteiger partial charge in [0.25, 0.3) is 11.5 Å². The van der Waals surface area contributed by atoms with Crippen molar-refractivity contribution >= 4 is 22.6 Å². The second kappa shape index (κ2) is 9.40. The number of nitrogens with one attached hydrogen (secondary N) is 2. The molecule has 0 atom stereocenters. The molecule has 0 aliphatic heterocycles. The highest BCUT2D eigenvalue weighted by molar-refractivity contribution is 5.96. The molecule has 1 amide bonds. The van der Waals surface area contributed by atoms with Crippen LogP contribution in [0.3, 0.4) is 0 Å². The van der Waals surface area contributed by atoms with Crippen LogP contribution in [0.4, 0.5) is 0 Å². The van der Waals surface area contributed by atoms with Gasteiger partial charge in [-0.3, -0.25) is 19.4 Å². The fourth-order valence-electron chi connectivity index (χ4n) is 3.97. The molecule has 3 aromatic heterocycles. The molecule has 0 saturated heterocycles. The van der Waals surface area contributed by atoms with E-state index in [9.17, 15) is 9.59 Å². The molecule has 170 valence electrons. The first-order valence-electron chi connectivity index (χ1n) is 11.3. The predicted octanol–water partition coefficient (Wildman–Crippen LogP) is 3.71. The first-order chi connectivity index (χ1) is 15.9. The van der Waals surface area contributed by atoms with Crippen molar-refractivity contribution < 1.29 is 4.79 Å². The third kappa shape index (κ3) is 4.44. The van der Waals surface area contributed by atoms with Gasteiger partial charge in [-0.05, 0) is 43.5 Å². The summed E-state index contributed by atoms with van der Waals surface area (Å²) in [6, 6.07) is 13.2. The maximum absolute atomic E-state index is 13.4. The van der Waals surface area contributed by atoms with E-state index in [0.29, 0.717) is 29.8 Å². The molecule has 4 rings (SSSR count). The molecule has 1 aromatic carbocycles. The van der Waals surface area contributed by atoms with Crippen molar-refractivity contribution in [2.45, 2.75) is 46.6 Å². The molecular weight excluding hydrogens is 414 g/mol. The number of hydrogen-bond acceptors (Lipinski definition) is 4. The maximum Gasteiger partial charge on any atom is 0.267 e. The van der Waals surface area contributed by atoms with Gasteiger partial charge in [-0.15, -0.1) is 0 Å². The van der Waals surface area contributed by atoms with Gasteiger partial charge in [0.2, 0.25) is 0 Å². The lowest BCUT2D eigenvalue weighted by Crippen LogP contribution is -2.35. The SMILES string of the molecule is CCCCCNC(=O)c1cc2c(=O)n3cccc(C)c3nc2n(Cc2ccc(C)cc2)c1=N.